The summed E-state index contributed by atoms with van der Waals surface area (Å²) < 4.78 is 15.8. The highest BCUT2D eigenvalue weighted by Gasteiger charge is 2.12. The highest BCUT2D eigenvalue weighted by Crippen LogP contribution is 2.38. The van der Waals surface area contributed by atoms with Crippen molar-refractivity contribution in [2.75, 3.05) is 27.2 Å². The van der Waals surface area contributed by atoms with Crippen LogP contribution < -0.4 is 14.2 Å². The standard InChI is InChI=1S/C12H17ClO3/c1-14-10-7-9(5-4-6-13)8-11(15-2)12(10)16-3/h7-8H,4-6H2,1-3H3. The molecule has 90 valence electrons. The fraction of sp³-hybridized carbons (Fsp3) is 0.500. The van der Waals surface area contributed by atoms with Crippen LogP contribution in [-0.4, -0.2) is 27.2 Å². The summed E-state index contributed by atoms with van der Waals surface area (Å²) in [5.74, 6) is 2.65. The van der Waals surface area contributed by atoms with Crippen molar-refractivity contribution in [3.8, 4) is 17.2 Å². The predicted molar refractivity (Wildman–Crippen MR) is 65.1 cm³/mol. The number of halogens is 1. The minimum Gasteiger partial charge on any atom is -0.493 e. The average molecular weight is 245 g/mol. The van der Waals surface area contributed by atoms with Gasteiger partial charge >= 0.3 is 0 Å². The molecular weight excluding hydrogens is 228 g/mol. The first-order valence-electron chi connectivity index (χ1n) is 5.11. The van der Waals surface area contributed by atoms with Crippen LogP contribution in [0.4, 0.5) is 0 Å². The van der Waals surface area contributed by atoms with Crippen LogP contribution in [0, 0.1) is 0 Å². The normalized spacial score (nSPS) is 10.0. The zero-order valence-corrected chi connectivity index (χ0v) is 10.6. The Morgan fingerprint density at radius 1 is 1.00 bits per heavy atom. The van der Waals surface area contributed by atoms with Gasteiger partial charge in [-0.25, -0.2) is 0 Å². The number of rotatable bonds is 6. The van der Waals surface area contributed by atoms with E-state index in [-0.39, 0.29) is 0 Å². The Labute approximate surface area is 101 Å². The maximum Gasteiger partial charge on any atom is 0.203 e. The van der Waals surface area contributed by atoms with Crippen LogP contribution in [0.3, 0.4) is 0 Å². The van der Waals surface area contributed by atoms with Crippen LogP contribution in [0.15, 0.2) is 12.1 Å². The van der Waals surface area contributed by atoms with E-state index in [1.165, 1.54) is 0 Å². The summed E-state index contributed by atoms with van der Waals surface area (Å²) in [5.41, 5.74) is 1.13. The number of methoxy groups -OCH3 is 3. The molecule has 16 heavy (non-hydrogen) atoms. The molecular formula is C12H17ClO3. The van der Waals surface area contributed by atoms with Gasteiger partial charge in [-0.15, -0.1) is 11.6 Å². The fourth-order valence-corrected chi connectivity index (χ4v) is 1.68. The summed E-state index contributed by atoms with van der Waals surface area (Å²) >= 11 is 5.67. The second-order valence-corrected chi connectivity index (χ2v) is 3.70. The smallest absolute Gasteiger partial charge is 0.203 e. The molecule has 0 fully saturated rings. The number of benzene rings is 1. The minimum atomic E-state index is 0.625. The van der Waals surface area contributed by atoms with Crippen molar-refractivity contribution >= 4 is 11.6 Å². The SMILES string of the molecule is COc1cc(CCCCl)cc(OC)c1OC. The van der Waals surface area contributed by atoms with Gasteiger partial charge in [0.2, 0.25) is 5.75 Å². The van der Waals surface area contributed by atoms with Crippen LogP contribution in [0.1, 0.15) is 12.0 Å². The van der Waals surface area contributed by atoms with E-state index in [1.54, 1.807) is 21.3 Å². The van der Waals surface area contributed by atoms with Crippen molar-refractivity contribution in [3.05, 3.63) is 17.7 Å². The monoisotopic (exact) mass is 244 g/mol. The van der Waals surface area contributed by atoms with Crippen LogP contribution in [0.2, 0.25) is 0 Å². The molecule has 0 saturated heterocycles. The molecule has 1 aromatic rings. The Hall–Kier alpha value is -1.09. The van der Waals surface area contributed by atoms with Gasteiger partial charge in [0.25, 0.3) is 0 Å². The van der Waals surface area contributed by atoms with Gasteiger partial charge < -0.3 is 14.2 Å². The summed E-state index contributed by atoms with van der Waals surface area (Å²) in [6.07, 6.45) is 1.83. The van der Waals surface area contributed by atoms with Crippen molar-refractivity contribution < 1.29 is 14.2 Å². The maximum absolute atomic E-state index is 5.67. The predicted octanol–water partition coefficient (Wildman–Crippen LogP) is 2.88. The van der Waals surface area contributed by atoms with E-state index in [9.17, 15) is 0 Å². The van der Waals surface area contributed by atoms with E-state index < -0.39 is 0 Å². The van der Waals surface area contributed by atoms with Crippen LogP contribution >= 0.6 is 11.6 Å². The lowest BCUT2D eigenvalue weighted by Gasteiger charge is -2.13. The van der Waals surface area contributed by atoms with Crippen molar-refractivity contribution in [1.29, 1.82) is 0 Å². The minimum absolute atomic E-state index is 0.625. The molecule has 3 nitrogen and oxygen atoms in total. The maximum atomic E-state index is 5.67. The summed E-state index contributed by atoms with van der Waals surface area (Å²) in [6.45, 7) is 0. The number of aryl methyl sites for hydroxylation is 1. The first kappa shape index (κ1) is 13.0. The highest BCUT2D eigenvalue weighted by molar-refractivity contribution is 6.17. The van der Waals surface area contributed by atoms with Crippen LogP contribution in [0.25, 0.3) is 0 Å². The molecule has 0 saturated carbocycles. The second-order valence-electron chi connectivity index (χ2n) is 3.33. The summed E-state index contributed by atoms with van der Waals surface area (Å²) in [5, 5.41) is 0. The average Bonchev–Trinajstić information content (AvgIpc) is 2.34. The lowest BCUT2D eigenvalue weighted by atomic mass is 10.1. The largest absolute Gasteiger partial charge is 0.493 e. The Kier molecular flexibility index (Phi) is 5.26. The first-order valence-corrected chi connectivity index (χ1v) is 5.65. The van der Waals surface area contributed by atoms with Gasteiger partial charge in [0.05, 0.1) is 21.3 Å². The molecule has 0 radical (unpaired) electrons. The molecule has 0 unspecified atom stereocenters. The van der Waals surface area contributed by atoms with Crippen LogP contribution in [-0.2, 0) is 6.42 Å². The summed E-state index contributed by atoms with van der Waals surface area (Å²) in [6, 6.07) is 3.90. The van der Waals surface area contributed by atoms with Crippen molar-refractivity contribution in [1.82, 2.24) is 0 Å². The van der Waals surface area contributed by atoms with E-state index in [0.29, 0.717) is 23.1 Å². The first-order chi connectivity index (χ1) is 7.76. The highest BCUT2D eigenvalue weighted by atomic mass is 35.5. The quantitative estimate of drug-likeness (QED) is 0.721. The van der Waals surface area contributed by atoms with E-state index in [0.717, 1.165) is 18.4 Å². The van der Waals surface area contributed by atoms with E-state index in [2.05, 4.69) is 0 Å². The zero-order chi connectivity index (χ0) is 12.0. The van der Waals surface area contributed by atoms with Gasteiger partial charge in [-0.2, -0.15) is 0 Å². The van der Waals surface area contributed by atoms with Gasteiger partial charge in [0.1, 0.15) is 0 Å². The third-order valence-corrected chi connectivity index (χ3v) is 2.59. The molecule has 0 bridgehead atoms. The molecule has 1 rings (SSSR count). The molecule has 4 heteroatoms. The third-order valence-electron chi connectivity index (χ3n) is 2.32. The molecule has 0 atom stereocenters. The van der Waals surface area contributed by atoms with E-state index in [1.807, 2.05) is 12.1 Å². The molecule has 0 aliphatic rings. The number of ether oxygens (including phenoxy) is 3. The lowest BCUT2D eigenvalue weighted by molar-refractivity contribution is 0.324. The molecule has 0 aliphatic carbocycles. The Morgan fingerprint density at radius 3 is 1.94 bits per heavy atom. The second kappa shape index (κ2) is 6.48. The van der Waals surface area contributed by atoms with Gasteiger partial charge in [0.15, 0.2) is 11.5 Å². The molecule has 0 heterocycles. The van der Waals surface area contributed by atoms with Crippen LogP contribution in [0.5, 0.6) is 17.2 Å². The van der Waals surface area contributed by atoms with Crippen molar-refractivity contribution in [2.24, 2.45) is 0 Å². The lowest BCUT2D eigenvalue weighted by Crippen LogP contribution is -1.97. The zero-order valence-electron chi connectivity index (χ0n) is 9.88. The van der Waals surface area contributed by atoms with Gasteiger partial charge in [-0.1, -0.05) is 0 Å². The molecule has 0 spiro atoms. The number of alkyl halides is 1. The number of hydrogen-bond donors (Lipinski definition) is 0. The Balaban J connectivity index is 3.05. The fourth-order valence-electron chi connectivity index (χ4n) is 1.55. The Bertz CT molecular complexity index is 314. The van der Waals surface area contributed by atoms with E-state index >= 15 is 0 Å². The van der Waals surface area contributed by atoms with Crippen molar-refractivity contribution in [2.45, 2.75) is 12.8 Å². The van der Waals surface area contributed by atoms with Gasteiger partial charge in [-0.3, -0.25) is 0 Å². The Morgan fingerprint density at radius 2 is 1.56 bits per heavy atom. The topological polar surface area (TPSA) is 27.7 Å². The molecule has 0 amide bonds. The summed E-state index contributed by atoms with van der Waals surface area (Å²) in [4.78, 5) is 0. The van der Waals surface area contributed by atoms with E-state index in [4.69, 9.17) is 25.8 Å². The summed E-state index contributed by atoms with van der Waals surface area (Å²) in [7, 11) is 4.82. The molecule has 0 aliphatic heterocycles. The molecule has 1 aromatic carbocycles. The van der Waals surface area contributed by atoms with Crippen molar-refractivity contribution in [3.63, 3.8) is 0 Å². The number of hydrogen-bond acceptors (Lipinski definition) is 3. The third kappa shape index (κ3) is 2.95. The molecule has 0 N–H and O–H groups in total. The van der Waals surface area contributed by atoms with Gasteiger partial charge in [-0.05, 0) is 30.5 Å². The van der Waals surface area contributed by atoms with Gasteiger partial charge in [0, 0.05) is 5.88 Å². The molecule has 0 aromatic heterocycles.